The maximum absolute atomic E-state index is 12.1. The molecular weight excluding hydrogens is 252 g/mol. The molecule has 2 aromatic heterocycles. The summed E-state index contributed by atoms with van der Waals surface area (Å²) in [6.07, 6.45) is 3.43. The van der Waals surface area contributed by atoms with Crippen LogP contribution >= 0.6 is 0 Å². The van der Waals surface area contributed by atoms with Crippen LogP contribution in [0.1, 0.15) is 16.1 Å². The van der Waals surface area contributed by atoms with Crippen molar-refractivity contribution in [2.75, 3.05) is 5.73 Å². The summed E-state index contributed by atoms with van der Waals surface area (Å²) in [6.45, 7) is 0.442. The number of carbonyl (C=O) groups excluding carboxylic acids is 1. The number of aromatic nitrogens is 2. The first-order chi connectivity index (χ1) is 9.74. The lowest BCUT2D eigenvalue weighted by Crippen LogP contribution is -2.23. The van der Waals surface area contributed by atoms with Gasteiger partial charge in [-0.05, 0) is 23.8 Å². The number of hydrogen-bond acceptors (Lipinski definition) is 3. The molecule has 0 saturated carbocycles. The van der Waals surface area contributed by atoms with Gasteiger partial charge in [-0.25, -0.2) is 0 Å². The van der Waals surface area contributed by atoms with Crippen LogP contribution in [0.25, 0.3) is 10.9 Å². The van der Waals surface area contributed by atoms with Gasteiger partial charge in [-0.3, -0.25) is 9.78 Å². The first-order valence-electron chi connectivity index (χ1n) is 6.28. The third-order valence-corrected chi connectivity index (χ3v) is 3.11. The normalized spacial score (nSPS) is 10.6. The van der Waals surface area contributed by atoms with Crippen LogP contribution in [0.2, 0.25) is 0 Å². The number of nitrogens with one attached hydrogen (secondary N) is 2. The number of nitrogens with zero attached hydrogens (tertiary/aromatic N) is 1. The summed E-state index contributed by atoms with van der Waals surface area (Å²) in [4.78, 5) is 19.1. The Kier molecular flexibility index (Phi) is 3.09. The number of aromatic amines is 1. The van der Waals surface area contributed by atoms with E-state index in [1.54, 1.807) is 24.5 Å². The first kappa shape index (κ1) is 12.2. The molecule has 3 rings (SSSR count). The number of carbonyl (C=O) groups is 1. The van der Waals surface area contributed by atoms with Crippen molar-refractivity contribution in [2.24, 2.45) is 0 Å². The summed E-state index contributed by atoms with van der Waals surface area (Å²) in [7, 11) is 0. The molecule has 4 N–H and O–H groups in total. The van der Waals surface area contributed by atoms with Crippen molar-refractivity contribution in [2.45, 2.75) is 6.54 Å². The molecule has 100 valence electrons. The Labute approximate surface area is 115 Å². The average Bonchev–Trinajstić information content (AvgIpc) is 2.91. The lowest BCUT2D eigenvalue weighted by atomic mass is 10.2. The van der Waals surface area contributed by atoms with Crippen molar-refractivity contribution in [1.29, 1.82) is 0 Å². The Morgan fingerprint density at radius 2 is 2.20 bits per heavy atom. The highest BCUT2D eigenvalue weighted by atomic mass is 16.1. The molecule has 0 spiro atoms. The van der Waals surface area contributed by atoms with Crippen molar-refractivity contribution in [3.63, 3.8) is 0 Å². The Morgan fingerprint density at radius 3 is 2.95 bits per heavy atom. The third-order valence-electron chi connectivity index (χ3n) is 3.11. The lowest BCUT2D eigenvalue weighted by molar-refractivity contribution is 0.0947. The smallest absolute Gasteiger partial charge is 0.267 e. The molecule has 0 bridgehead atoms. The highest BCUT2D eigenvalue weighted by molar-refractivity contribution is 6.00. The van der Waals surface area contributed by atoms with Crippen LogP contribution < -0.4 is 11.1 Å². The number of amides is 1. The molecule has 1 aromatic carbocycles. The molecular formula is C15H14N4O. The maximum atomic E-state index is 12.1. The van der Waals surface area contributed by atoms with Crippen LogP contribution in [0, 0.1) is 0 Å². The number of rotatable bonds is 3. The van der Waals surface area contributed by atoms with Gasteiger partial charge in [0.2, 0.25) is 0 Å². The van der Waals surface area contributed by atoms with Crippen molar-refractivity contribution < 1.29 is 4.79 Å². The predicted octanol–water partition coefficient (Wildman–Crippen LogP) is 2.08. The lowest BCUT2D eigenvalue weighted by Gasteiger charge is -2.03. The second kappa shape index (κ2) is 5.05. The van der Waals surface area contributed by atoms with Gasteiger partial charge in [0, 0.05) is 24.3 Å². The minimum atomic E-state index is -0.163. The number of fused-ring (bicyclic) bond motifs is 1. The molecule has 0 unspecified atom stereocenters. The van der Waals surface area contributed by atoms with Gasteiger partial charge in [-0.15, -0.1) is 0 Å². The molecule has 0 aliphatic rings. The summed E-state index contributed by atoms with van der Waals surface area (Å²) in [5, 5.41) is 3.77. The van der Waals surface area contributed by atoms with Gasteiger partial charge < -0.3 is 16.0 Å². The molecule has 5 heteroatoms. The first-order valence-corrected chi connectivity index (χ1v) is 6.28. The number of pyridine rings is 1. The van der Waals surface area contributed by atoms with Gasteiger partial charge in [0.1, 0.15) is 5.69 Å². The maximum Gasteiger partial charge on any atom is 0.267 e. The van der Waals surface area contributed by atoms with E-state index in [0.717, 1.165) is 16.5 Å². The number of nitrogen functional groups attached to an aromatic ring is 1. The molecule has 0 aliphatic heterocycles. The number of benzene rings is 1. The third kappa shape index (κ3) is 2.33. The highest BCUT2D eigenvalue weighted by Crippen LogP contribution is 2.20. The summed E-state index contributed by atoms with van der Waals surface area (Å²) in [6, 6.07) is 11.1. The topological polar surface area (TPSA) is 83.8 Å². The zero-order valence-corrected chi connectivity index (χ0v) is 10.8. The van der Waals surface area contributed by atoms with Crippen molar-refractivity contribution in [3.8, 4) is 0 Å². The second-order valence-electron chi connectivity index (χ2n) is 4.54. The largest absolute Gasteiger partial charge is 0.397 e. The standard InChI is InChI=1S/C15H14N4O/c16-12-5-1-4-11-7-13(19-14(11)12)15(20)18-9-10-3-2-6-17-8-10/h1-8,19H,9,16H2,(H,18,20). The van der Waals surface area contributed by atoms with E-state index in [4.69, 9.17) is 5.73 Å². The minimum absolute atomic E-state index is 0.163. The molecule has 0 fully saturated rings. The van der Waals surface area contributed by atoms with Crippen LogP contribution in [0.4, 0.5) is 5.69 Å². The minimum Gasteiger partial charge on any atom is -0.397 e. The number of nitrogens with two attached hydrogens (primary N) is 1. The molecule has 0 saturated heterocycles. The fourth-order valence-electron chi connectivity index (χ4n) is 2.08. The van der Waals surface area contributed by atoms with Gasteiger partial charge in [-0.2, -0.15) is 0 Å². The van der Waals surface area contributed by atoms with Gasteiger partial charge in [0.25, 0.3) is 5.91 Å². The number of anilines is 1. The van der Waals surface area contributed by atoms with Gasteiger partial charge in [0.15, 0.2) is 0 Å². The van der Waals surface area contributed by atoms with Crippen LogP contribution in [0.3, 0.4) is 0 Å². The molecule has 2 heterocycles. The van der Waals surface area contributed by atoms with Crippen molar-refractivity contribution in [3.05, 3.63) is 60.0 Å². The van der Waals surface area contributed by atoms with Crippen LogP contribution in [0.5, 0.6) is 0 Å². The summed E-state index contributed by atoms with van der Waals surface area (Å²) in [5.74, 6) is -0.163. The Balaban J connectivity index is 1.77. The van der Waals surface area contributed by atoms with E-state index in [1.807, 2.05) is 24.3 Å². The van der Waals surface area contributed by atoms with E-state index < -0.39 is 0 Å². The number of hydrogen-bond donors (Lipinski definition) is 3. The predicted molar refractivity (Wildman–Crippen MR) is 78.1 cm³/mol. The summed E-state index contributed by atoms with van der Waals surface area (Å²) < 4.78 is 0. The van der Waals surface area contributed by atoms with E-state index in [-0.39, 0.29) is 5.91 Å². The van der Waals surface area contributed by atoms with E-state index in [0.29, 0.717) is 17.9 Å². The molecule has 0 radical (unpaired) electrons. The SMILES string of the molecule is Nc1cccc2cc(C(=O)NCc3cccnc3)[nH]c12. The Hall–Kier alpha value is -2.82. The number of para-hydroxylation sites is 1. The number of H-pyrrole nitrogens is 1. The molecule has 0 atom stereocenters. The fourth-order valence-corrected chi connectivity index (χ4v) is 2.08. The average molecular weight is 266 g/mol. The summed E-state index contributed by atoms with van der Waals surface area (Å²) >= 11 is 0. The Morgan fingerprint density at radius 1 is 1.30 bits per heavy atom. The quantitative estimate of drug-likeness (QED) is 0.634. The van der Waals surface area contributed by atoms with Crippen LogP contribution in [-0.2, 0) is 6.54 Å². The van der Waals surface area contributed by atoms with Gasteiger partial charge >= 0.3 is 0 Å². The van der Waals surface area contributed by atoms with E-state index in [1.165, 1.54) is 0 Å². The van der Waals surface area contributed by atoms with E-state index in [2.05, 4.69) is 15.3 Å². The van der Waals surface area contributed by atoms with E-state index in [9.17, 15) is 4.79 Å². The molecule has 3 aromatic rings. The van der Waals surface area contributed by atoms with Crippen LogP contribution in [-0.4, -0.2) is 15.9 Å². The summed E-state index contributed by atoms with van der Waals surface area (Å²) in [5.41, 5.74) is 8.74. The zero-order valence-electron chi connectivity index (χ0n) is 10.8. The van der Waals surface area contributed by atoms with Gasteiger partial charge in [0.05, 0.1) is 11.2 Å². The molecule has 5 nitrogen and oxygen atoms in total. The van der Waals surface area contributed by atoms with Gasteiger partial charge in [-0.1, -0.05) is 18.2 Å². The van der Waals surface area contributed by atoms with Crippen LogP contribution in [0.15, 0.2) is 48.8 Å². The fraction of sp³-hybridized carbons (Fsp3) is 0.0667. The second-order valence-corrected chi connectivity index (χ2v) is 4.54. The van der Waals surface area contributed by atoms with Crippen molar-refractivity contribution >= 4 is 22.5 Å². The highest BCUT2D eigenvalue weighted by Gasteiger charge is 2.10. The molecule has 0 aliphatic carbocycles. The zero-order chi connectivity index (χ0) is 13.9. The Bertz CT molecular complexity index is 749. The molecule has 1 amide bonds. The van der Waals surface area contributed by atoms with Crippen molar-refractivity contribution in [1.82, 2.24) is 15.3 Å². The monoisotopic (exact) mass is 266 g/mol. The molecule has 20 heavy (non-hydrogen) atoms. The van der Waals surface area contributed by atoms with E-state index >= 15 is 0 Å².